The van der Waals surface area contributed by atoms with E-state index in [1.54, 1.807) is 0 Å². The van der Waals surface area contributed by atoms with Gasteiger partial charge in [-0.1, -0.05) is 48.8 Å². The molecule has 5 heterocycles. The number of cyclic esters (lactones) is 1. The van der Waals surface area contributed by atoms with Crippen LogP contribution in [0.4, 0.5) is 0 Å². The molecule has 8 rings (SSSR count). The maximum Gasteiger partial charge on any atom is 0.334 e. The van der Waals surface area contributed by atoms with Gasteiger partial charge in [0.25, 0.3) is 0 Å². The second kappa shape index (κ2) is 17.2. The van der Waals surface area contributed by atoms with Crippen LogP contribution in [0.3, 0.4) is 0 Å². The highest BCUT2D eigenvalue weighted by molar-refractivity contribution is 8.77. The maximum atomic E-state index is 13.4. The molecule has 14 nitrogen and oxygen atoms in total. The minimum Gasteiger partial charge on any atom is -0.463 e. The van der Waals surface area contributed by atoms with Crippen LogP contribution in [0, 0.1) is 17.8 Å². The average molecular weight is 839 g/mol. The molecule has 16 heteroatoms. The van der Waals surface area contributed by atoms with Crippen LogP contribution < -0.4 is 0 Å². The van der Waals surface area contributed by atoms with E-state index in [1.807, 2.05) is 21.6 Å². The number of carbonyl (C=O) groups is 4. The molecule has 3 spiro atoms. The predicted octanol–water partition coefficient (Wildman–Crippen LogP) is 4.67. The fraction of sp³-hybridized carbons (Fsp3) is 0.854. The van der Waals surface area contributed by atoms with Gasteiger partial charge in [-0.3, -0.25) is 14.4 Å². The van der Waals surface area contributed by atoms with E-state index in [0.717, 1.165) is 29.2 Å². The highest BCUT2D eigenvalue weighted by Crippen LogP contribution is 2.84. The van der Waals surface area contributed by atoms with Gasteiger partial charge in [-0.2, -0.15) is 0 Å². The topological polar surface area (TPSA) is 170 Å². The van der Waals surface area contributed by atoms with Gasteiger partial charge >= 0.3 is 23.9 Å². The van der Waals surface area contributed by atoms with Crippen molar-refractivity contribution in [3.8, 4) is 0 Å². The van der Waals surface area contributed by atoms with Crippen molar-refractivity contribution in [1.82, 2.24) is 0 Å². The summed E-state index contributed by atoms with van der Waals surface area (Å²) in [7, 11) is 3.92. The molecule has 0 aromatic carbocycles. The largest absolute Gasteiger partial charge is 0.463 e. The maximum absolute atomic E-state index is 13.4. The van der Waals surface area contributed by atoms with Crippen LogP contribution in [-0.4, -0.2) is 135 Å². The van der Waals surface area contributed by atoms with Crippen molar-refractivity contribution in [2.24, 2.45) is 17.8 Å². The number of epoxide rings is 3. The van der Waals surface area contributed by atoms with Crippen molar-refractivity contribution in [1.29, 1.82) is 0 Å². The standard InChI is InChI=1S/C41H58O14S2/c1-25(2)39-35(54-39)26(3)41-38(55-41)13-11-28-29(24-51-36(28)45)30(38)23-31-40(41,53-31)37(39)52-34(44)10-6-9-33(43)50-21-19-48-17-15-46-14-16-47-18-20-49-32(42)8-5-4-7-27-12-22-56-57-27/h25-27,30-31,35,37H,4-24H2,1-3H3/t26?,27?,30-,31-,35-,37+,38+,39-,40+,41+/m0/s1. The first-order valence-corrected chi connectivity index (χ1v) is 23.5. The summed E-state index contributed by atoms with van der Waals surface area (Å²) in [6, 6.07) is 0. The summed E-state index contributed by atoms with van der Waals surface area (Å²) in [4.78, 5) is 50.1. The molecule has 2 saturated carbocycles. The van der Waals surface area contributed by atoms with Gasteiger partial charge < -0.3 is 47.4 Å². The zero-order valence-corrected chi connectivity index (χ0v) is 35.1. The Bertz CT molecular complexity index is 1570. The average Bonchev–Trinajstić information content (AvgIpc) is 4.13. The number of ether oxygens (including phenoxy) is 10. The van der Waals surface area contributed by atoms with E-state index in [-0.39, 0.29) is 81.0 Å². The van der Waals surface area contributed by atoms with E-state index < -0.39 is 40.4 Å². The Labute approximate surface area is 342 Å². The van der Waals surface area contributed by atoms with E-state index in [1.165, 1.54) is 18.6 Å². The summed E-state index contributed by atoms with van der Waals surface area (Å²) < 4.78 is 58.9. The molecule has 0 amide bonds. The fourth-order valence-corrected chi connectivity index (χ4v) is 13.9. The minimum absolute atomic E-state index is 0.0215. The smallest absolute Gasteiger partial charge is 0.334 e. The van der Waals surface area contributed by atoms with Crippen LogP contribution in [0.15, 0.2) is 11.1 Å². The second-order valence-electron chi connectivity index (χ2n) is 16.9. The summed E-state index contributed by atoms with van der Waals surface area (Å²) in [5.41, 5.74) is -0.780. The number of hydrogen-bond acceptors (Lipinski definition) is 16. The number of rotatable bonds is 23. The van der Waals surface area contributed by atoms with Gasteiger partial charge in [0.2, 0.25) is 0 Å². The Kier molecular flexibility index (Phi) is 12.6. The highest BCUT2D eigenvalue weighted by atomic mass is 33.1. The molecule has 4 saturated heterocycles. The van der Waals surface area contributed by atoms with Gasteiger partial charge in [0.05, 0.1) is 51.8 Å². The van der Waals surface area contributed by atoms with E-state index in [9.17, 15) is 19.2 Å². The van der Waals surface area contributed by atoms with Gasteiger partial charge in [0.1, 0.15) is 36.6 Å². The second-order valence-corrected chi connectivity index (χ2v) is 19.7. The third kappa shape index (κ3) is 7.58. The third-order valence-corrected chi connectivity index (χ3v) is 16.6. The first kappa shape index (κ1) is 41.8. The van der Waals surface area contributed by atoms with Crippen LogP contribution in [0.25, 0.3) is 0 Å². The first-order valence-electron chi connectivity index (χ1n) is 21.1. The van der Waals surface area contributed by atoms with Gasteiger partial charge in [-0.05, 0) is 56.4 Å². The molecule has 0 N–H and O–H groups in total. The lowest BCUT2D eigenvalue weighted by atomic mass is 9.51. The van der Waals surface area contributed by atoms with Gasteiger partial charge in [0, 0.05) is 47.7 Å². The van der Waals surface area contributed by atoms with Gasteiger partial charge in [-0.25, -0.2) is 4.79 Å². The molecule has 3 aliphatic carbocycles. The van der Waals surface area contributed by atoms with Crippen LogP contribution >= 0.6 is 21.6 Å². The monoisotopic (exact) mass is 838 g/mol. The number of fused-ring (bicyclic) bond motifs is 2. The molecule has 57 heavy (non-hydrogen) atoms. The Morgan fingerprint density at radius 2 is 1.53 bits per heavy atom. The molecular weight excluding hydrogens is 781 g/mol. The first-order chi connectivity index (χ1) is 27.6. The Morgan fingerprint density at radius 1 is 0.860 bits per heavy atom. The number of hydrogen-bond donors (Lipinski definition) is 0. The summed E-state index contributed by atoms with van der Waals surface area (Å²) >= 11 is 0. The summed E-state index contributed by atoms with van der Waals surface area (Å²) in [5, 5.41) is 0.741. The van der Waals surface area contributed by atoms with E-state index in [4.69, 9.17) is 47.4 Å². The van der Waals surface area contributed by atoms with Crippen LogP contribution in [-0.2, 0) is 66.5 Å². The van der Waals surface area contributed by atoms with Crippen molar-refractivity contribution < 1.29 is 66.5 Å². The lowest BCUT2D eigenvalue weighted by Crippen LogP contribution is -2.69. The summed E-state index contributed by atoms with van der Waals surface area (Å²) in [6.45, 7) is 9.07. The molecule has 8 aliphatic rings. The van der Waals surface area contributed by atoms with Crippen molar-refractivity contribution in [2.75, 3.05) is 65.2 Å². The predicted molar refractivity (Wildman–Crippen MR) is 206 cm³/mol. The zero-order valence-electron chi connectivity index (χ0n) is 33.4. The van der Waals surface area contributed by atoms with E-state index in [0.29, 0.717) is 65.3 Å². The van der Waals surface area contributed by atoms with Crippen LogP contribution in [0.2, 0.25) is 0 Å². The van der Waals surface area contributed by atoms with Gasteiger partial charge in [0.15, 0.2) is 11.7 Å². The normalized spacial score (nSPS) is 37.6. The van der Waals surface area contributed by atoms with Crippen molar-refractivity contribution >= 4 is 45.5 Å². The molecule has 0 radical (unpaired) electrons. The van der Waals surface area contributed by atoms with Crippen molar-refractivity contribution in [2.45, 2.75) is 137 Å². The molecular formula is C41H58O14S2. The lowest BCUT2D eigenvalue weighted by molar-refractivity contribution is -0.166. The van der Waals surface area contributed by atoms with Crippen LogP contribution in [0.5, 0.6) is 0 Å². The quantitative estimate of drug-likeness (QED) is 0.0457. The van der Waals surface area contributed by atoms with Crippen LogP contribution in [0.1, 0.15) is 91.4 Å². The van der Waals surface area contributed by atoms with Gasteiger partial charge in [-0.15, -0.1) is 0 Å². The SMILES string of the molecule is CC(C)[C@]12O[C@H]1C(C)[C@@]13O[C@@]14CCC1=C(COC1=O)[C@@H]4C[C@@H]1O[C@@]13[C@@H]2OC(=O)CCCC(=O)OCCOCCOCCOCCOC(=O)CCCCC1CCSS1. The Morgan fingerprint density at radius 3 is 2.19 bits per heavy atom. The molecule has 0 aromatic heterocycles. The molecule has 0 bridgehead atoms. The lowest BCUT2D eigenvalue weighted by Gasteiger charge is -2.47. The van der Waals surface area contributed by atoms with E-state index >= 15 is 0 Å². The molecule has 2 unspecified atom stereocenters. The molecule has 0 aromatic rings. The fourth-order valence-electron chi connectivity index (χ4n) is 10.9. The van der Waals surface area contributed by atoms with Crippen molar-refractivity contribution in [3.63, 3.8) is 0 Å². The third-order valence-electron chi connectivity index (χ3n) is 13.6. The number of carbonyl (C=O) groups excluding carboxylic acids is 4. The number of esters is 4. The van der Waals surface area contributed by atoms with E-state index in [2.05, 4.69) is 20.8 Å². The molecule has 6 fully saturated rings. The summed E-state index contributed by atoms with van der Waals surface area (Å²) in [5.74, 6) is 0.173. The summed E-state index contributed by atoms with van der Waals surface area (Å²) in [6.07, 6.45) is 6.29. The highest BCUT2D eigenvalue weighted by Gasteiger charge is 3.01. The molecule has 10 atom stereocenters. The molecule has 5 aliphatic heterocycles. The van der Waals surface area contributed by atoms with Crippen molar-refractivity contribution in [3.05, 3.63) is 11.1 Å². The molecule has 318 valence electrons. The minimum atomic E-state index is -0.806. The Balaban J connectivity index is 0.675. The Hall–Kier alpha value is -1.92. The zero-order chi connectivity index (χ0) is 39.8. The number of unbranched alkanes of at least 4 members (excludes halogenated alkanes) is 1.